The van der Waals surface area contributed by atoms with E-state index in [1.165, 1.54) is 11.3 Å². The van der Waals surface area contributed by atoms with Crippen molar-refractivity contribution in [1.82, 2.24) is 9.55 Å². The average molecular weight is 395 g/mol. The molecule has 1 aromatic carbocycles. The van der Waals surface area contributed by atoms with Crippen molar-refractivity contribution in [3.8, 4) is 10.9 Å². The first-order chi connectivity index (χ1) is 13.5. The maximum absolute atomic E-state index is 12.7. The Morgan fingerprint density at radius 2 is 2.00 bits per heavy atom. The van der Waals surface area contributed by atoms with Gasteiger partial charge in [-0.05, 0) is 57.0 Å². The molecule has 4 rings (SSSR count). The Morgan fingerprint density at radius 3 is 2.64 bits per heavy atom. The highest BCUT2D eigenvalue weighted by molar-refractivity contribution is 7.12. The predicted octanol–water partition coefficient (Wildman–Crippen LogP) is 4.16. The molecule has 0 aliphatic heterocycles. The van der Waals surface area contributed by atoms with Gasteiger partial charge in [-0.3, -0.25) is 14.2 Å². The van der Waals surface area contributed by atoms with Crippen LogP contribution < -0.4 is 10.1 Å². The van der Waals surface area contributed by atoms with Crippen LogP contribution in [0.4, 0.5) is 5.69 Å². The first-order valence-electron chi connectivity index (χ1n) is 9.18. The molecule has 1 aliphatic rings. The van der Waals surface area contributed by atoms with Gasteiger partial charge in [-0.1, -0.05) is 0 Å². The van der Waals surface area contributed by atoms with E-state index in [1.54, 1.807) is 30.5 Å². The van der Waals surface area contributed by atoms with Gasteiger partial charge in [0.05, 0.1) is 0 Å². The second-order valence-electron chi connectivity index (χ2n) is 6.93. The lowest BCUT2D eigenvalue weighted by atomic mass is 10.1. The largest absolute Gasteiger partial charge is 0.485 e. The van der Waals surface area contributed by atoms with Crippen LogP contribution in [-0.2, 0) is 4.79 Å². The fraction of sp³-hybridized carbons (Fsp3) is 0.286. The van der Waals surface area contributed by atoms with Crippen LogP contribution in [0.5, 0.6) is 5.75 Å². The van der Waals surface area contributed by atoms with Gasteiger partial charge in [0.15, 0.2) is 11.7 Å². The second kappa shape index (κ2) is 7.59. The zero-order valence-corrected chi connectivity index (χ0v) is 16.6. The number of thiazole rings is 1. The third kappa shape index (κ3) is 3.84. The lowest BCUT2D eigenvalue weighted by molar-refractivity contribution is -0.117. The number of carbonyl (C=O) groups excluding carboxylic acids is 2. The minimum atomic E-state index is -0.0815. The summed E-state index contributed by atoms with van der Waals surface area (Å²) in [5.41, 5.74) is 3.20. The number of ether oxygens (including phenoxy) is 1. The lowest BCUT2D eigenvalue weighted by Crippen LogP contribution is -2.14. The maximum Gasteiger partial charge on any atom is 0.227 e. The molecule has 6 nitrogen and oxygen atoms in total. The lowest BCUT2D eigenvalue weighted by Gasteiger charge is -2.08. The van der Waals surface area contributed by atoms with Crippen molar-refractivity contribution in [3.05, 3.63) is 58.9 Å². The van der Waals surface area contributed by atoms with E-state index >= 15 is 0 Å². The summed E-state index contributed by atoms with van der Waals surface area (Å²) in [6.07, 6.45) is 3.69. The van der Waals surface area contributed by atoms with Crippen molar-refractivity contribution >= 4 is 28.7 Å². The highest BCUT2D eigenvalue weighted by Gasteiger charge is 2.29. The number of nitrogens with one attached hydrogen (secondary N) is 1. The minimum Gasteiger partial charge on any atom is -0.485 e. The molecule has 0 radical (unpaired) electrons. The van der Waals surface area contributed by atoms with Crippen LogP contribution in [0.2, 0.25) is 0 Å². The van der Waals surface area contributed by atoms with E-state index in [-0.39, 0.29) is 24.2 Å². The smallest absolute Gasteiger partial charge is 0.227 e. The summed E-state index contributed by atoms with van der Waals surface area (Å²) >= 11 is 1.53. The Kier molecular flexibility index (Phi) is 5.00. The van der Waals surface area contributed by atoms with Crippen molar-refractivity contribution in [2.75, 3.05) is 11.9 Å². The molecule has 0 spiro atoms. The van der Waals surface area contributed by atoms with Crippen molar-refractivity contribution in [2.24, 2.45) is 5.92 Å². The normalized spacial score (nSPS) is 13.4. The topological polar surface area (TPSA) is 73.2 Å². The van der Waals surface area contributed by atoms with Gasteiger partial charge in [0.2, 0.25) is 11.7 Å². The molecule has 0 unspecified atom stereocenters. The molecule has 2 heterocycles. The molecule has 2 aromatic heterocycles. The van der Waals surface area contributed by atoms with E-state index in [4.69, 9.17) is 4.74 Å². The number of amides is 1. The van der Waals surface area contributed by atoms with Crippen molar-refractivity contribution in [2.45, 2.75) is 26.7 Å². The molecule has 1 fully saturated rings. The van der Waals surface area contributed by atoms with E-state index < -0.39 is 0 Å². The number of aryl methyl sites for hydroxylation is 1. The highest BCUT2D eigenvalue weighted by Crippen LogP contribution is 2.30. The first-order valence-corrected chi connectivity index (χ1v) is 10.1. The molecule has 144 valence electrons. The highest BCUT2D eigenvalue weighted by atomic mass is 32.1. The maximum atomic E-state index is 12.7. The molecular formula is C21H21N3O3S. The molecule has 1 N–H and O–H groups in total. The fourth-order valence-corrected chi connectivity index (χ4v) is 3.87. The summed E-state index contributed by atoms with van der Waals surface area (Å²) in [6, 6.07) is 8.96. The first kappa shape index (κ1) is 18.4. The predicted molar refractivity (Wildman–Crippen MR) is 109 cm³/mol. The molecule has 1 amide bonds. The Morgan fingerprint density at radius 1 is 1.25 bits per heavy atom. The Labute approximate surface area is 167 Å². The number of ketones is 1. The van der Waals surface area contributed by atoms with Crippen LogP contribution >= 0.6 is 11.3 Å². The third-order valence-electron chi connectivity index (χ3n) is 4.78. The molecule has 1 saturated carbocycles. The Balaban J connectivity index is 1.39. The zero-order valence-electron chi connectivity index (χ0n) is 15.8. The van der Waals surface area contributed by atoms with E-state index in [2.05, 4.69) is 10.3 Å². The quantitative estimate of drug-likeness (QED) is 0.610. The van der Waals surface area contributed by atoms with Gasteiger partial charge in [0, 0.05) is 40.1 Å². The number of nitrogens with zero attached hydrogens (tertiary/aromatic N) is 2. The van der Waals surface area contributed by atoms with E-state index in [1.807, 2.05) is 29.9 Å². The van der Waals surface area contributed by atoms with Crippen molar-refractivity contribution in [3.63, 3.8) is 0 Å². The number of carbonyl (C=O) groups is 2. The molecule has 1 aliphatic carbocycles. The van der Waals surface area contributed by atoms with E-state index in [0.717, 1.165) is 35.0 Å². The van der Waals surface area contributed by atoms with Crippen LogP contribution in [-0.4, -0.2) is 27.8 Å². The number of benzene rings is 1. The average Bonchev–Trinajstić information content (AvgIpc) is 3.33. The van der Waals surface area contributed by atoms with Crippen LogP contribution in [0.25, 0.3) is 5.13 Å². The van der Waals surface area contributed by atoms with Gasteiger partial charge in [-0.15, -0.1) is 11.3 Å². The van der Waals surface area contributed by atoms with E-state index in [9.17, 15) is 9.59 Å². The number of Topliss-reactive ketones (excluding diaryl/α,β-unsaturated/α-hetero) is 1. The molecule has 0 saturated heterocycles. The minimum absolute atomic E-state index is 0.0457. The third-order valence-corrected chi connectivity index (χ3v) is 5.54. The zero-order chi connectivity index (χ0) is 19.7. The van der Waals surface area contributed by atoms with Gasteiger partial charge < -0.3 is 10.1 Å². The van der Waals surface area contributed by atoms with Gasteiger partial charge in [-0.25, -0.2) is 4.98 Å². The van der Waals surface area contributed by atoms with Gasteiger partial charge in [0.25, 0.3) is 0 Å². The van der Waals surface area contributed by atoms with Crippen LogP contribution in [0.3, 0.4) is 0 Å². The number of hydrogen-bond acceptors (Lipinski definition) is 5. The SMILES string of the molecule is Cc1cc(C(=O)COc2ccc(NC(=O)C3CC3)cc2)c(C)n1-c1nccs1. The van der Waals surface area contributed by atoms with Gasteiger partial charge in [0.1, 0.15) is 5.75 Å². The number of aromatic nitrogens is 2. The standard InChI is InChI=1S/C21H21N3O3S/c1-13-11-18(14(2)24(13)21-22-9-10-28-21)19(25)12-27-17-7-5-16(6-8-17)23-20(26)15-3-4-15/h5-11,15H,3-4,12H2,1-2H3,(H,23,26). The van der Waals surface area contributed by atoms with Gasteiger partial charge in [-0.2, -0.15) is 0 Å². The number of hydrogen-bond donors (Lipinski definition) is 1. The number of anilines is 1. The fourth-order valence-electron chi connectivity index (χ4n) is 3.12. The van der Waals surface area contributed by atoms with Crippen LogP contribution in [0.15, 0.2) is 41.9 Å². The summed E-state index contributed by atoms with van der Waals surface area (Å²) in [7, 11) is 0. The summed E-state index contributed by atoms with van der Waals surface area (Å²) in [4.78, 5) is 28.8. The summed E-state index contributed by atoms with van der Waals surface area (Å²) in [6.45, 7) is 3.83. The van der Waals surface area contributed by atoms with Gasteiger partial charge >= 0.3 is 0 Å². The molecule has 28 heavy (non-hydrogen) atoms. The second-order valence-corrected chi connectivity index (χ2v) is 7.81. The Hall–Kier alpha value is -2.93. The van der Waals surface area contributed by atoms with E-state index in [0.29, 0.717) is 11.3 Å². The molecular weight excluding hydrogens is 374 g/mol. The number of rotatable bonds is 7. The molecule has 7 heteroatoms. The molecule has 0 bridgehead atoms. The molecule has 3 aromatic rings. The van der Waals surface area contributed by atoms with Crippen LogP contribution in [0, 0.1) is 19.8 Å². The van der Waals surface area contributed by atoms with Crippen LogP contribution in [0.1, 0.15) is 34.6 Å². The van der Waals surface area contributed by atoms with Crippen molar-refractivity contribution in [1.29, 1.82) is 0 Å². The Bertz CT molecular complexity index is 1000. The summed E-state index contributed by atoms with van der Waals surface area (Å²) in [5.74, 6) is 0.741. The monoisotopic (exact) mass is 395 g/mol. The summed E-state index contributed by atoms with van der Waals surface area (Å²) in [5, 5.41) is 5.64. The molecule has 0 atom stereocenters. The van der Waals surface area contributed by atoms with Crippen molar-refractivity contribution < 1.29 is 14.3 Å². The summed E-state index contributed by atoms with van der Waals surface area (Å²) < 4.78 is 7.63.